The number of hydrogen-bond donors (Lipinski definition) is 5. The lowest BCUT2D eigenvalue weighted by Gasteiger charge is -2.60. The van der Waals surface area contributed by atoms with E-state index in [0.29, 0.717) is 36.5 Å². The van der Waals surface area contributed by atoms with Crippen molar-refractivity contribution in [2.75, 3.05) is 12.3 Å². The Morgan fingerprint density at radius 2 is 1.80 bits per heavy atom. The monoisotopic (exact) mass is 515 g/mol. The Morgan fingerprint density at radius 1 is 1.09 bits per heavy atom. The Balaban J connectivity index is 1.42. The van der Waals surface area contributed by atoms with E-state index in [0.717, 1.165) is 32.1 Å². The van der Waals surface area contributed by atoms with Crippen molar-refractivity contribution in [2.24, 2.45) is 52.8 Å². The van der Waals surface area contributed by atoms with E-state index < -0.39 is 28.1 Å². The van der Waals surface area contributed by atoms with Crippen molar-refractivity contribution < 1.29 is 33.1 Å². The number of aliphatic hydroxyl groups is 3. The highest BCUT2D eigenvalue weighted by atomic mass is 32.2. The molecule has 0 aromatic carbocycles. The Morgan fingerprint density at radius 3 is 2.49 bits per heavy atom. The highest BCUT2D eigenvalue weighted by Gasteiger charge is 2.63. The first-order valence-corrected chi connectivity index (χ1v) is 15.2. The average molecular weight is 516 g/mol. The van der Waals surface area contributed by atoms with E-state index in [1.807, 2.05) is 0 Å². The van der Waals surface area contributed by atoms with Crippen molar-refractivity contribution in [3.63, 3.8) is 0 Å². The Labute approximate surface area is 210 Å². The van der Waals surface area contributed by atoms with Gasteiger partial charge in [-0.25, -0.2) is 0 Å². The maximum Gasteiger partial charge on any atom is 0.266 e. The van der Waals surface area contributed by atoms with Crippen molar-refractivity contribution in [3.8, 4) is 0 Å². The lowest BCUT2D eigenvalue weighted by Crippen LogP contribution is -2.60. The normalized spacial score (nSPS) is 46.3. The smallest absolute Gasteiger partial charge is 0.266 e. The molecular formula is C26H45NO7S. The van der Waals surface area contributed by atoms with Crippen molar-refractivity contribution in [1.82, 2.24) is 5.32 Å². The van der Waals surface area contributed by atoms with Crippen molar-refractivity contribution in [1.29, 1.82) is 0 Å². The molecule has 0 bridgehead atoms. The second kappa shape index (κ2) is 10.2. The van der Waals surface area contributed by atoms with Gasteiger partial charge in [-0.3, -0.25) is 9.35 Å². The summed E-state index contributed by atoms with van der Waals surface area (Å²) in [6, 6.07) is 0. The van der Waals surface area contributed by atoms with Gasteiger partial charge in [-0.15, -0.1) is 0 Å². The van der Waals surface area contributed by atoms with Gasteiger partial charge in [0.1, 0.15) is 0 Å². The highest BCUT2D eigenvalue weighted by molar-refractivity contribution is 7.85. The number of hydrogen-bond acceptors (Lipinski definition) is 6. The largest absolute Gasteiger partial charge is 0.393 e. The molecule has 0 saturated heterocycles. The van der Waals surface area contributed by atoms with E-state index in [-0.39, 0.29) is 54.1 Å². The molecular weight excluding hydrogens is 470 g/mol. The molecule has 4 rings (SSSR count). The summed E-state index contributed by atoms with van der Waals surface area (Å²) in [6.45, 7) is 6.47. The van der Waals surface area contributed by atoms with E-state index in [1.165, 1.54) is 0 Å². The molecule has 5 N–H and O–H groups in total. The second-order valence-corrected chi connectivity index (χ2v) is 14.1. The van der Waals surface area contributed by atoms with Gasteiger partial charge in [0.25, 0.3) is 10.1 Å². The molecule has 0 aliphatic heterocycles. The maximum atomic E-state index is 12.2. The van der Waals surface area contributed by atoms with Gasteiger partial charge >= 0.3 is 0 Å². The zero-order valence-electron chi connectivity index (χ0n) is 21.3. The number of fused-ring (bicyclic) bond motifs is 5. The summed E-state index contributed by atoms with van der Waals surface area (Å²) < 4.78 is 30.5. The number of amides is 1. The standard InChI is InChI=1S/C26H45NO7S/c1-14(4-7-23(31)27-8-9-35(32,33)34)19-5-6-20-25-18(13-22(30)26(19,20)3)24-15(2)10-17(28)11-16(24)12-21(25)29/h14-22,24-25,28-30H,4-13H2,1-3H3,(H,27,31)(H,32,33,34)/t14?,15?,16?,17-,18-,19-,20+,21?,22+,24?,25?,26-/m1/s1. The molecule has 4 aliphatic carbocycles. The summed E-state index contributed by atoms with van der Waals surface area (Å²) in [6.07, 6.45) is 4.79. The summed E-state index contributed by atoms with van der Waals surface area (Å²) in [4.78, 5) is 12.2. The quantitative estimate of drug-likeness (QED) is 0.327. The van der Waals surface area contributed by atoms with Crippen LogP contribution >= 0.6 is 0 Å². The van der Waals surface area contributed by atoms with Crippen LogP contribution < -0.4 is 5.32 Å². The first kappa shape index (κ1) is 27.3. The van der Waals surface area contributed by atoms with Crippen molar-refractivity contribution in [3.05, 3.63) is 0 Å². The van der Waals surface area contributed by atoms with E-state index >= 15 is 0 Å². The number of carbonyl (C=O) groups is 1. The first-order chi connectivity index (χ1) is 16.3. The molecule has 4 aliphatic rings. The molecule has 4 saturated carbocycles. The summed E-state index contributed by atoms with van der Waals surface area (Å²) in [5.41, 5.74) is -0.298. The summed E-state index contributed by atoms with van der Waals surface area (Å²) in [7, 11) is -4.10. The number of aliphatic hydroxyl groups excluding tert-OH is 3. The number of rotatable bonds is 7. The van der Waals surface area contributed by atoms with Crippen molar-refractivity contribution >= 4 is 16.0 Å². The van der Waals surface area contributed by atoms with Crippen LogP contribution in [0.3, 0.4) is 0 Å². The van der Waals surface area contributed by atoms with Crippen LogP contribution in [-0.2, 0) is 14.9 Å². The van der Waals surface area contributed by atoms with Crippen LogP contribution in [0.4, 0.5) is 0 Å². The van der Waals surface area contributed by atoms with Gasteiger partial charge < -0.3 is 20.6 Å². The van der Waals surface area contributed by atoms with Crippen LogP contribution in [0, 0.1) is 52.8 Å². The van der Waals surface area contributed by atoms with Crippen LogP contribution in [0.1, 0.15) is 72.1 Å². The third-order valence-electron chi connectivity index (χ3n) is 10.7. The Hall–Kier alpha value is -0.740. The van der Waals surface area contributed by atoms with Gasteiger partial charge in [-0.2, -0.15) is 8.42 Å². The summed E-state index contributed by atoms with van der Waals surface area (Å²) in [5, 5.41) is 35.8. The molecule has 0 aromatic heterocycles. The van der Waals surface area contributed by atoms with E-state index in [2.05, 4.69) is 26.1 Å². The fourth-order valence-corrected chi connectivity index (χ4v) is 9.66. The predicted octanol–water partition coefficient (Wildman–Crippen LogP) is 2.22. The fraction of sp³-hybridized carbons (Fsp3) is 0.962. The molecule has 0 aromatic rings. The molecule has 0 spiro atoms. The summed E-state index contributed by atoms with van der Waals surface area (Å²) in [5.74, 6) is 1.65. The summed E-state index contributed by atoms with van der Waals surface area (Å²) >= 11 is 0. The average Bonchev–Trinajstić information content (AvgIpc) is 3.09. The van der Waals surface area contributed by atoms with Gasteiger partial charge in [-0.1, -0.05) is 20.8 Å². The zero-order valence-corrected chi connectivity index (χ0v) is 22.2. The van der Waals surface area contributed by atoms with Crippen molar-refractivity contribution in [2.45, 2.75) is 90.4 Å². The lowest BCUT2D eigenvalue weighted by molar-refractivity contribution is -0.188. The molecule has 0 radical (unpaired) electrons. The molecule has 1 amide bonds. The van der Waals surface area contributed by atoms with Gasteiger partial charge in [0.05, 0.1) is 24.1 Å². The van der Waals surface area contributed by atoms with Gasteiger partial charge in [0.15, 0.2) is 0 Å². The van der Waals surface area contributed by atoms with Crippen LogP contribution in [0.5, 0.6) is 0 Å². The van der Waals surface area contributed by atoms with Gasteiger partial charge in [0, 0.05) is 13.0 Å². The minimum absolute atomic E-state index is 0.105. The maximum absolute atomic E-state index is 12.2. The fourth-order valence-electron chi connectivity index (χ4n) is 9.30. The zero-order chi connectivity index (χ0) is 25.7. The molecule has 35 heavy (non-hydrogen) atoms. The van der Waals surface area contributed by atoms with E-state index in [1.54, 1.807) is 0 Å². The van der Waals surface area contributed by atoms with Crippen LogP contribution in [0.15, 0.2) is 0 Å². The van der Waals surface area contributed by atoms with Gasteiger partial charge in [0.2, 0.25) is 5.91 Å². The topological polar surface area (TPSA) is 144 Å². The minimum atomic E-state index is -4.10. The van der Waals surface area contributed by atoms with Crippen LogP contribution in [0.2, 0.25) is 0 Å². The number of carbonyl (C=O) groups excluding carboxylic acids is 1. The third kappa shape index (κ3) is 5.31. The SMILES string of the molecule is CC1C[C@@H](O)CC2CC(O)C3[C@H](C[C@H](O)[C@]4(C)[C@@H](C(C)CCC(=O)NCCS(=O)(=O)O)CC[C@@H]34)C12. The Bertz CT molecular complexity index is 881. The lowest BCUT2D eigenvalue weighted by atomic mass is 9.46. The molecule has 0 heterocycles. The molecule has 9 heteroatoms. The van der Waals surface area contributed by atoms with E-state index in [9.17, 15) is 28.5 Å². The van der Waals surface area contributed by atoms with Crippen LogP contribution in [-0.4, -0.2) is 64.8 Å². The third-order valence-corrected chi connectivity index (χ3v) is 11.4. The molecule has 202 valence electrons. The van der Waals surface area contributed by atoms with E-state index in [4.69, 9.17) is 4.55 Å². The molecule has 6 unspecified atom stereocenters. The van der Waals surface area contributed by atoms with Gasteiger partial charge in [-0.05, 0) is 97.7 Å². The van der Waals surface area contributed by atoms with Crippen LogP contribution in [0.25, 0.3) is 0 Å². The predicted molar refractivity (Wildman–Crippen MR) is 132 cm³/mol. The molecule has 8 nitrogen and oxygen atoms in total. The minimum Gasteiger partial charge on any atom is -0.393 e. The molecule has 4 fully saturated rings. The second-order valence-electron chi connectivity index (χ2n) is 12.5. The number of nitrogens with one attached hydrogen (secondary N) is 1. The first-order valence-electron chi connectivity index (χ1n) is 13.6. The molecule has 12 atom stereocenters. The highest BCUT2D eigenvalue weighted by Crippen LogP contribution is 2.66. The Kier molecular flexibility index (Phi) is 7.95.